The van der Waals surface area contributed by atoms with Gasteiger partial charge in [0.25, 0.3) is 0 Å². The lowest BCUT2D eigenvalue weighted by molar-refractivity contribution is -0.117. The lowest BCUT2D eigenvalue weighted by Crippen LogP contribution is -2.50. The molecule has 3 fully saturated rings. The van der Waals surface area contributed by atoms with E-state index in [2.05, 4.69) is 29.3 Å². The second-order valence-electron chi connectivity index (χ2n) is 9.54. The first-order valence-electron chi connectivity index (χ1n) is 10.1. The Balaban J connectivity index is 1.48. The molecule has 1 N–H and O–H groups in total. The Kier molecular flexibility index (Phi) is 3.33. The lowest BCUT2D eigenvalue weighted by Gasteiger charge is -2.58. The Morgan fingerprint density at radius 2 is 1.96 bits per heavy atom. The van der Waals surface area contributed by atoms with Crippen LogP contribution in [0.3, 0.4) is 0 Å². The van der Waals surface area contributed by atoms with Gasteiger partial charge in [0.05, 0.1) is 11.9 Å². The van der Waals surface area contributed by atoms with Crippen LogP contribution < -0.4 is 0 Å². The molecule has 4 aliphatic rings. The van der Waals surface area contributed by atoms with Gasteiger partial charge >= 0.3 is 0 Å². The molecule has 4 aliphatic carbocycles. The minimum atomic E-state index is 0.282. The van der Waals surface area contributed by atoms with E-state index in [1.807, 2.05) is 12.3 Å². The molecule has 1 aromatic rings. The topological polar surface area (TPSA) is 58.6 Å². The first-order chi connectivity index (χ1) is 12.0. The third-order valence-electron chi connectivity index (χ3n) is 8.75. The van der Waals surface area contributed by atoms with Crippen molar-refractivity contribution in [1.82, 2.24) is 15.4 Å². The number of hydrogen-bond donors (Lipinski definition) is 1. The molecular weight excluding hydrogens is 310 g/mol. The molecule has 0 aromatic carbocycles. The van der Waals surface area contributed by atoms with Crippen LogP contribution in [0.15, 0.2) is 17.8 Å². The van der Waals surface area contributed by atoms with E-state index in [-0.39, 0.29) is 5.41 Å². The molecule has 0 aliphatic heterocycles. The van der Waals surface area contributed by atoms with Gasteiger partial charge in [-0.25, -0.2) is 0 Å². The smallest absolute Gasteiger partial charge is 0.155 e. The summed E-state index contributed by atoms with van der Waals surface area (Å²) in [7, 11) is 0. The van der Waals surface area contributed by atoms with Crippen LogP contribution in [0.5, 0.6) is 0 Å². The molecule has 0 amide bonds. The highest BCUT2D eigenvalue weighted by atomic mass is 16.1. The molecule has 25 heavy (non-hydrogen) atoms. The Bertz CT molecular complexity index is 724. The second-order valence-corrected chi connectivity index (χ2v) is 9.54. The molecule has 0 bridgehead atoms. The first kappa shape index (κ1) is 15.8. The highest BCUT2D eigenvalue weighted by Gasteiger charge is 2.59. The third-order valence-corrected chi connectivity index (χ3v) is 8.75. The molecule has 3 saturated carbocycles. The summed E-state index contributed by atoms with van der Waals surface area (Å²) in [5.74, 6) is 3.33. The molecule has 1 aromatic heterocycles. The fourth-order valence-electron chi connectivity index (χ4n) is 7.42. The molecular formula is C21H29N3O. The molecule has 0 spiro atoms. The van der Waals surface area contributed by atoms with Crippen LogP contribution in [0.2, 0.25) is 0 Å². The SMILES string of the molecule is C[C@]12CC[C@H]3[C@@H](CCC4=CC(=O)CC[C@@]43C)[C@@H]1CC[C@@H]2c1cn[nH]n1. The number of aromatic amines is 1. The summed E-state index contributed by atoms with van der Waals surface area (Å²) in [6.07, 6.45) is 13.4. The van der Waals surface area contributed by atoms with Gasteiger partial charge in [0, 0.05) is 12.3 Å². The van der Waals surface area contributed by atoms with Gasteiger partial charge in [0.2, 0.25) is 0 Å². The highest BCUT2D eigenvalue weighted by molar-refractivity contribution is 5.91. The van der Waals surface area contributed by atoms with Crippen molar-refractivity contribution >= 4 is 5.78 Å². The minimum absolute atomic E-state index is 0.282. The van der Waals surface area contributed by atoms with Crippen molar-refractivity contribution in [3.63, 3.8) is 0 Å². The number of rotatable bonds is 1. The van der Waals surface area contributed by atoms with Crippen LogP contribution in [-0.2, 0) is 4.79 Å². The standard InChI is InChI=1S/C21H29N3O/c1-20-9-7-14(25)11-13(20)3-4-15-16-5-6-18(19-12-22-24-23-19)21(16,2)10-8-17(15)20/h11-12,15-18H,3-10H2,1-2H3,(H,22,23,24)/t15-,16-,17-,18+,20-,21-/m0/s1. The van der Waals surface area contributed by atoms with Gasteiger partial charge in [-0.05, 0) is 79.6 Å². The van der Waals surface area contributed by atoms with E-state index in [4.69, 9.17) is 0 Å². The quantitative estimate of drug-likeness (QED) is 0.824. The molecule has 6 atom stereocenters. The zero-order valence-electron chi connectivity index (χ0n) is 15.4. The van der Waals surface area contributed by atoms with Gasteiger partial charge in [-0.1, -0.05) is 19.4 Å². The summed E-state index contributed by atoms with van der Waals surface area (Å²) < 4.78 is 0. The summed E-state index contributed by atoms with van der Waals surface area (Å²) in [4.78, 5) is 11.9. The summed E-state index contributed by atoms with van der Waals surface area (Å²) in [5.41, 5.74) is 3.30. The Morgan fingerprint density at radius 3 is 2.76 bits per heavy atom. The number of nitrogens with one attached hydrogen (secondary N) is 1. The predicted octanol–water partition coefficient (Wildman–Crippen LogP) is 4.42. The van der Waals surface area contributed by atoms with Crippen molar-refractivity contribution in [3.8, 4) is 0 Å². The average Bonchev–Trinajstić information content (AvgIpc) is 3.22. The number of aromatic nitrogens is 3. The van der Waals surface area contributed by atoms with Crippen molar-refractivity contribution in [2.75, 3.05) is 0 Å². The third kappa shape index (κ3) is 2.09. The largest absolute Gasteiger partial charge is 0.295 e. The molecule has 0 unspecified atom stereocenters. The summed E-state index contributed by atoms with van der Waals surface area (Å²) >= 11 is 0. The number of fused-ring (bicyclic) bond motifs is 5. The van der Waals surface area contributed by atoms with Gasteiger partial charge in [0.1, 0.15) is 0 Å². The number of nitrogens with zero attached hydrogens (tertiary/aromatic N) is 2. The van der Waals surface area contributed by atoms with Crippen LogP contribution in [-0.4, -0.2) is 21.2 Å². The lowest BCUT2D eigenvalue weighted by atomic mass is 9.47. The molecule has 1 heterocycles. The van der Waals surface area contributed by atoms with Crippen molar-refractivity contribution in [1.29, 1.82) is 0 Å². The molecule has 5 rings (SSSR count). The normalized spacial score (nSPS) is 46.2. The van der Waals surface area contributed by atoms with Crippen LogP contribution in [0.25, 0.3) is 0 Å². The highest BCUT2D eigenvalue weighted by Crippen LogP contribution is 2.68. The van der Waals surface area contributed by atoms with Crippen LogP contribution >= 0.6 is 0 Å². The number of H-pyrrole nitrogens is 1. The van der Waals surface area contributed by atoms with Gasteiger partial charge in [0.15, 0.2) is 5.78 Å². The van der Waals surface area contributed by atoms with Gasteiger partial charge in [-0.3, -0.25) is 4.79 Å². The molecule has 4 heteroatoms. The van der Waals surface area contributed by atoms with Crippen LogP contribution in [0.1, 0.15) is 76.8 Å². The number of carbonyl (C=O) groups is 1. The Morgan fingerprint density at radius 1 is 1.08 bits per heavy atom. The summed E-state index contributed by atoms with van der Waals surface area (Å²) in [6.45, 7) is 4.99. The molecule has 0 saturated heterocycles. The van der Waals surface area contributed by atoms with E-state index in [9.17, 15) is 4.79 Å². The van der Waals surface area contributed by atoms with Crippen molar-refractivity contribution in [2.45, 2.75) is 71.1 Å². The van der Waals surface area contributed by atoms with Gasteiger partial charge in [-0.2, -0.15) is 15.4 Å². The first-order valence-corrected chi connectivity index (χ1v) is 10.1. The molecule has 4 nitrogen and oxygen atoms in total. The predicted molar refractivity (Wildman–Crippen MR) is 95.8 cm³/mol. The maximum absolute atomic E-state index is 11.9. The van der Waals surface area contributed by atoms with Crippen molar-refractivity contribution in [3.05, 3.63) is 23.5 Å². The van der Waals surface area contributed by atoms with E-state index < -0.39 is 0 Å². The monoisotopic (exact) mass is 339 g/mol. The minimum Gasteiger partial charge on any atom is -0.295 e. The second kappa shape index (κ2) is 5.28. The summed E-state index contributed by atoms with van der Waals surface area (Å²) in [6, 6.07) is 0. The van der Waals surface area contributed by atoms with E-state index in [0.717, 1.165) is 37.0 Å². The maximum atomic E-state index is 11.9. The van der Waals surface area contributed by atoms with E-state index in [1.54, 1.807) is 0 Å². The van der Waals surface area contributed by atoms with Crippen molar-refractivity contribution in [2.24, 2.45) is 28.6 Å². The number of ketones is 1. The van der Waals surface area contributed by atoms with Crippen LogP contribution in [0.4, 0.5) is 0 Å². The zero-order valence-corrected chi connectivity index (χ0v) is 15.4. The molecule has 134 valence electrons. The maximum Gasteiger partial charge on any atom is 0.155 e. The summed E-state index contributed by atoms with van der Waals surface area (Å²) in [5, 5.41) is 11.3. The van der Waals surface area contributed by atoms with E-state index >= 15 is 0 Å². The van der Waals surface area contributed by atoms with Gasteiger partial charge < -0.3 is 0 Å². The van der Waals surface area contributed by atoms with E-state index in [1.165, 1.54) is 43.4 Å². The fourth-order valence-corrected chi connectivity index (χ4v) is 7.42. The fraction of sp³-hybridized carbons (Fsp3) is 0.762. The number of carbonyl (C=O) groups excluding carboxylic acids is 1. The number of hydrogen-bond acceptors (Lipinski definition) is 3. The van der Waals surface area contributed by atoms with Crippen LogP contribution in [0, 0.1) is 28.6 Å². The van der Waals surface area contributed by atoms with Gasteiger partial charge in [-0.15, -0.1) is 0 Å². The Hall–Kier alpha value is -1.45. The van der Waals surface area contributed by atoms with Crippen molar-refractivity contribution < 1.29 is 4.79 Å². The zero-order chi connectivity index (χ0) is 17.2. The Labute approximate surface area is 149 Å². The number of allylic oxidation sites excluding steroid dienone is 1. The van der Waals surface area contributed by atoms with E-state index in [0.29, 0.717) is 17.1 Å². The molecule has 0 radical (unpaired) electrons. The average molecular weight is 339 g/mol.